The number of allylic oxidation sites excluding steroid dienone is 4. The molecule has 124 valence electrons. The summed E-state index contributed by atoms with van der Waals surface area (Å²) < 4.78 is 0. The Morgan fingerprint density at radius 2 is 2.00 bits per heavy atom. The third-order valence-corrected chi connectivity index (χ3v) is 5.79. The molecule has 0 bridgehead atoms. The van der Waals surface area contributed by atoms with Crippen LogP contribution in [0.1, 0.15) is 34.1 Å². The summed E-state index contributed by atoms with van der Waals surface area (Å²) in [6.45, 7) is 4.03. The fraction of sp³-hybridized carbons (Fsp3) is 0.211. The first-order chi connectivity index (χ1) is 11.4. The molecule has 2 aromatic rings. The van der Waals surface area contributed by atoms with Crippen molar-refractivity contribution in [1.82, 2.24) is 0 Å². The fourth-order valence-corrected chi connectivity index (χ4v) is 4.54. The number of hydrogen-bond donors (Lipinski definition) is 1. The van der Waals surface area contributed by atoms with Gasteiger partial charge in [0.15, 0.2) is 0 Å². The molecule has 0 radical (unpaired) electrons. The lowest BCUT2D eigenvalue weighted by atomic mass is 9.91. The van der Waals surface area contributed by atoms with Crippen molar-refractivity contribution in [1.29, 1.82) is 0 Å². The number of aromatic carboxylic acids is 1. The molecule has 0 amide bonds. The van der Waals surface area contributed by atoms with Crippen LogP contribution < -0.4 is 0 Å². The maximum absolute atomic E-state index is 11.5. The minimum atomic E-state index is -0.910. The van der Waals surface area contributed by atoms with Crippen LogP contribution in [-0.2, 0) is 0 Å². The van der Waals surface area contributed by atoms with Gasteiger partial charge in [-0.05, 0) is 55.2 Å². The van der Waals surface area contributed by atoms with Crippen LogP contribution in [0.3, 0.4) is 0 Å². The Morgan fingerprint density at radius 3 is 2.62 bits per heavy atom. The van der Waals surface area contributed by atoms with Crippen molar-refractivity contribution >= 4 is 46.1 Å². The van der Waals surface area contributed by atoms with E-state index >= 15 is 0 Å². The van der Waals surface area contributed by atoms with Crippen LogP contribution in [0.2, 0.25) is 5.02 Å². The van der Waals surface area contributed by atoms with Crippen LogP contribution in [0.15, 0.2) is 42.0 Å². The van der Waals surface area contributed by atoms with Crippen molar-refractivity contribution in [3.8, 4) is 10.4 Å². The topological polar surface area (TPSA) is 37.3 Å². The van der Waals surface area contributed by atoms with Crippen LogP contribution in [0.5, 0.6) is 0 Å². The molecular weight excluding hydrogens is 363 g/mol. The monoisotopic (exact) mass is 378 g/mol. The molecule has 1 N–H and O–H groups in total. The molecule has 1 aromatic heterocycles. The minimum Gasteiger partial charge on any atom is -0.477 e. The van der Waals surface area contributed by atoms with Crippen molar-refractivity contribution in [2.75, 3.05) is 0 Å². The largest absolute Gasteiger partial charge is 0.477 e. The summed E-state index contributed by atoms with van der Waals surface area (Å²) in [4.78, 5) is 12.8. The molecule has 1 heterocycles. The maximum atomic E-state index is 11.5. The quantitative estimate of drug-likeness (QED) is 0.625. The molecular formula is C19H16Cl2O2S. The van der Waals surface area contributed by atoms with E-state index in [1.807, 2.05) is 44.2 Å². The first-order valence-corrected chi connectivity index (χ1v) is 9.16. The highest BCUT2D eigenvalue weighted by Crippen LogP contribution is 2.42. The van der Waals surface area contributed by atoms with Gasteiger partial charge in [0, 0.05) is 15.5 Å². The van der Waals surface area contributed by atoms with Gasteiger partial charge in [0.1, 0.15) is 4.88 Å². The zero-order valence-corrected chi connectivity index (χ0v) is 15.6. The van der Waals surface area contributed by atoms with E-state index < -0.39 is 5.97 Å². The molecule has 1 aliphatic rings. The van der Waals surface area contributed by atoms with Gasteiger partial charge in [-0.1, -0.05) is 35.4 Å². The fourth-order valence-electron chi connectivity index (χ4n) is 2.91. The second-order valence-corrected chi connectivity index (χ2v) is 7.94. The normalized spacial score (nSPS) is 17.4. The van der Waals surface area contributed by atoms with Crippen molar-refractivity contribution in [3.05, 3.63) is 63.0 Å². The molecule has 24 heavy (non-hydrogen) atoms. The molecule has 1 aromatic carbocycles. The summed E-state index contributed by atoms with van der Waals surface area (Å²) in [6, 6.07) is 7.44. The second kappa shape index (κ2) is 6.75. The van der Waals surface area contributed by atoms with Crippen LogP contribution in [-0.4, -0.2) is 16.5 Å². The molecule has 3 rings (SSSR count). The molecule has 2 nitrogen and oxygen atoms in total. The van der Waals surface area contributed by atoms with Gasteiger partial charge in [-0.2, -0.15) is 0 Å². The molecule has 0 aliphatic heterocycles. The van der Waals surface area contributed by atoms with Gasteiger partial charge in [0.05, 0.1) is 5.38 Å². The average Bonchev–Trinajstić information content (AvgIpc) is 2.92. The molecule has 0 spiro atoms. The van der Waals surface area contributed by atoms with E-state index in [1.165, 1.54) is 16.9 Å². The molecule has 1 atom stereocenters. The van der Waals surface area contributed by atoms with E-state index in [0.29, 0.717) is 9.90 Å². The van der Waals surface area contributed by atoms with Crippen molar-refractivity contribution in [2.45, 2.75) is 25.6 Å². The molecule has 0 saturated heterocycles. The summed E-state index contributed by atoms with van der Waals surface area (Å²) in [5.74, 6) is -0.910. The van der Waals surface area contributed by atoms with Gasteiger partial charge in [0.25, 0.3) is 0 Å². The number of benzene rings is 1. The van der Waals surface area contributed by atoms with Crippen LogP contribution in [0.25, 0.3) is 16.0 Å². The lowest BCUT2D eigenvalue weighted by molar-refractivity contribution is 0.0702. The molecule has 1 unspecified atom stereocenters. The Balaban J connectivity index is 2.21. The predicted molar refractivity (Wildman–Crippen MR) is 102 cm³/mol. The maximum Gasteiger partial charge on any atom is 0.345 e. The van der Waals surface area contributed by atoms with Crippen LogP contribution in [0.4, 0.5) is 0 Å². The minimum absolute atomic E-state index is 0.00736. The molecule has 5 heteroatoms. The van der Waals surface area contributed by atoms with Gasteiger partial charge in [-0.25, -0.2) is 4.79 Å². The number of aryl methyl sites for hydroxylation is 1. The number of halogens is 2. The highest BCUT2D eigenvalue weighted by molar-refractivity contribution is 7.17. The number of carboxylic acids is 1. The van der Waals surface area contributed by atoms with E-state index in [2.05, 4.69) is 0 Å². The van der Waals surface area contributed by atoms with Gasteiger partial charge in [-0.15, -0.1) is 22.9 Å². The third-order valence-electron chi connectivity index (χ3n) is 4.10. The number of hydrogen-bond acceptors (Lipinski definition) is 2. The average molecular weight is 379 g/mol. The highest BCUT2D eigenvalue weighted by atomic mass is 35.5. The van der Waals surface area contributed by atoms with Gasteiger partial charge in [0.2, 0.25) is 0 Å². The first-order valence-electron chi connectivity index (χ1n) is 7.53. The Kier molecular flexibility index (Phi) is 4.86. The SMILES string of the molecule is CC1=C(c2cc(C(=O)O)sc2-c2ccc(Cl)cc2C)C=CC(Cl)C1. The number of thiophene rings is 1. The molecule has 0 fully saturated rings. The Bertz CT molecular complexity index is 877. The number of rotatable bonds is 3. The van der Waals surface area contributed by atoms with E-state index in [4.69, 9.17) is 23.2 Å². The summed E-state index contributed by atoms with van der Waals surface area (Å²) in [7, 11) is 0. The third kappa shape index (κ3) is 3.30. The number of carboxylic acid groups (broad SMARTS) is 1. The zero-order chi connectivity index (χ0) is 17.4. The summed E-state index contributed by atoms with van der Waals surface area (Å²) in [6.07, 6.45) is 4.73. The van der Waals surface area contributed by atoms with Crippen LogP contribution in [0, 0.1) is 6.92 Å². The first kappa shape index (κ1) is 17.3. The Hall–Kier alpha value is -1.55. The number of alkyl halides is 1. The lowest BCUT2D eigenvalue weighted by Gasteiger charge is -2.17. The van der Waals surface area contributed by atoms with Gasteiger partial charge < -0.3 is 5.11 Å². The lowest BCUT2D eigenvalue weighted by Crippen LogP contribution is -2.02. The van der Waals surface area contributed by atoms with E-state index in [1.54, 1.807) is 6.07 Å². The summed E-state index contributed by atoms with van der Waals surface area (Å²) >= 11 is 13.5. The zero-order valence-electron chi connectivity index (χ0n) is 13.3. The molecule has 0 saturated carbocycles. The smallest absolute Gasteiger partial charge is 0.345 e. The number of carbonyl (C=O) groups is 1. The van der Waals surface area contributed by atoms with Crippen molar-refractivity contribution in [2.24, 2.45) is 0 Å². The second-order valence-electron chi connectivity index (χ2n) is 5.89. The van der Waals surface area contributed by atoms with Gasteiger partial charge in [-0.3, -0.25) is 0 Å². The van der Waals surface area contributed by atoms with Crippen molar-refractivity contribution < 1.29 is 9.90 Å². The highest BCUT2D eigenvalue weighted by Gasteiger charge is 2.21. The predicted octanol–water partition coefficient (Wildman–Crippen LogP) is 6.42. The van der Waals surface area contributed by atoms with E-state index in [-0.39, 0.29) is 5.38 Å². The molecule has 1 aliphatic carbocycles. The van der Waals surface area contributed by atoms with Crippen LogP contribution >= 0.6 is 34.5 Å². The van der Waals surface area contributed by atoms with E-state index in [0.717, 1.165) is 33.6 Å². The van der Waals surface area contributed by atoms with Gasteiger partial charge >= 0.3 is 5.97 Å². The Morgan fingerprint density at radius 1 is 1.25 bits per heavy atom. The standard InChI is InChI=1S/C19H16Cl2O2S/c1-10-7-12(20)3-5-14(10)16-9-17(19(22)23)24-18(16)15-6-4-13(21)8-11(15)2/h3-6,8-9,12H,7H2,1-2H3,(H,22,23). The summed E-state index contributed by atoms with van der Waals surface area (Å²) in [5.41, 5.74) is 5.20. The Labute approximate surface area is 155 Å². The van der Waals surface area contributed by atoms with E-state index in [9.17, 15) is 9.90 Å². The summed E-state index contributed by atoms with van der Waals surface area (Å²) in [5, 5.41) is 10.1. The van der Waals surface area contributed by atoms with Crippen molar-refractivity contribution in [3.63, 3.8) is 0 Å².